The van der Waals surface area contributed by atoms with E-state index in [0.29, 0.717) is 27.8 Å². The number of benzene rings is 2. The maximum Gasteiger partial charge on any atom is 0.262 e. The van der Waals surface area contributed by atoms with E-state index in [2.05, 4.69) is 26.2 Å². The first-order valence-corrected chi connectivity index (χ1v) is 9.44. The zero-order chi connectivity index (χ0) is 18.8. The lowest BCUT2D eigenvalue weighted by atomic mass is 10.1. The third-order valence-corrected chi connectivity index (χ3v) is 5.13. The van der Waals surface area contributed by atoms with Crippen LogP contribution >= 0.6 is 28.1 Å². The number of hydrogen-bond donors (Lipinski definition) is 2. The monoisotopic (exact) mass is 431 g/mol. The molecule has 0 fully saturated rings. The summed E-state index contributed by atoms with van der Waals surface area (Å²) in [7, 11) is 0. The molecule has 1 heterocycles. The van der Waals surface area contributed by atoms with Gasteiger partial charge in [-0.2, -0.15) is 0 Å². The van der Waals surface area contributed by atoms with Crippen LogP contribution in [0.2, 0.25) is 0 Å². The van der Waals surface area contributed by atoms with E-state index in [9.17, 15) is 9.59 Å². The number of aromatic nitrogens is 2. The lowest BCUT2D eigenvalue weighted by Gasteiger charge is -2.15. The van der Waals surface area contributed by atoms with Crippen LogP contribution in [-0.2, 0) is 6.54 Å². The highest BCUT2D eigenvalue weighted by molar-refractivity contribution is 9.10. The SMILES string of the molecule is CCn1c(=S)[nH]c2cc(C(=O)NC(C)c3ccc(Br)cc3)ccc2c1=O. The largest absolute Gasteiger partial charge is 0.346 e. The number of halogens is 1. The minimum atomic E-state index is -0.207. The molecule has 26 heavy (non-hydrogen) atoms. The summed E-state index contributed by atoms with van der Waals surface area (Å²) in [5, 5.41) is 3.48. The molecule has 5 nitrogen and oxygen atoms in total. The normalized spacial score (nSPS) is 12.1. The van der Waals surface area contributed by atoms with Crippen molar-refractivity contribution in [3.63, 3.8) is 0 Å². The van der Waals surface area contributed by atoms with E-state index in [1.807, 2.05) is 38.1 Å². The fraction of sp³-hybridized carbons (Fsp3) is 0.211. The van der Waals surface area contributed by atoms with Crippen LogP contribution in [0.1, 0.15) is 35.8 Å². The molecule has 0 bridgehead atoms. The molecule has 1 atom stereocenters. The van der Waals surface area contributed by atoms with Gasteiger partial charge in [-0.3, -0.25) is 14.2 Å². The quantitative estimate of drug-likeness (QED) is 0.603. The van der Waals surface area contributed by atoms with E-state index in [4.69, 9.17) is 12.2 Å². The minimum absolute atomic E-state index is 0.141. The van der Waals surface area contributed by atoms with Gasteiger partial charge in [0.1, 0.15) is 0 Å². The van der Waals surface area contributed by atoms with Crippen LogP contribution in [0.25, 0.3) is 10.9 Å². The van der Waals surface area contributed by atoms with Gasteiger partial charge in [0.05, 0.1) is 16.9 Å². The van der Waals surface area contributed by atoms with Crippen molar-refractivity contribution in [2.24, 2.45) is 0 Å². The van der Waals surface area contributed by atoms with E-state index in [1.165, 1.54) is 4.57 Å². The van der Waals surface area contributed by atoms with Gasteiger partial charge in [0.15, 0.2) is 4.77 Å². The Morgan fingerprint density at radius 2 is 1.96 bits per heavy atom. The van der Waals surface area contributed by atoms with Crippen LogP contribution in [0.15, 0.2) is 51.7 Å². The van der Waals surface area contributed by atoms with Gasteiger partial charge in [-0.1, -0.05) is 28.1 Å². The number of fused-ring (bicyclic) bond motifs is 1. The second kappa shape index (κ2) is 7.55. The predicted octanol–water partition coefficient (Wildman–Crippen LogP) is 4.33. The molecule has 0 aliphatic carbocycles. The molecular weight excluding hydrogens is 414 g/mol. The highest BCUT2D eigenvalue weighted by atomic mass is 79.9. The van der Waals surface area contributed by atoms with Crippen molar-refractivity contribution >= 4 is 45.0 Å². The first kappa shape index (κ1) is 18.5. The first-order valence-electron chi connectivity index (χ1n) is 8.24. The Morgan fingerprint density at radius 3 is 2.62 bits per heavy atom. The summed E-state index contributed by atoms with van der Waals surface area (Å²) in [6, 6.07) is 12.6. The summed E-state index contributed by atoms with van der Waals surface area (Å²) in [5.41, 5.74) is 1.89. The van der Waals surface area contributed by atoms with Crippen LogP contribution in [-0.4, -0.2) is 15.5 Å². The van der Waals surface area contributed by atoms with Gasteiger partial charge in [-0.15, -0.1) is 0 Å². The number of nitrogens with zero attached hydrogens (tertiary/aromatic N) is 1. The molecule has 3 aromatic rings. The van der Waals surface area contributed by atoms with E-state index >= 15 is 0 Å². The smallest absolute Gasteiger partial charge is 0.262 e. The average Bonchev–Trinajstić information content (AvgIpc) is 2.62. The molecule has 0 radical (unpaired) electrons. The van der Waals surface area contributed by atoms with Crippen LogP contribution in [0.4, 0.5) is 0 Å². The fourth-order valence-corrected chi connectivity index (χ4v) is 3.38. The summed E-state index contributed by atoms with van der Waals surface area (Å²) in [6.45, 7) is 4.29. The van der Waals surface area contributed by atoms with Crippen LogP contribution in [0.3, 0.4) is 0 Å². The van der Waals surface area contributed by atoms with Crippen molar-refractivity contribution in [1.29, 1.82) is 0 Å². The summed E-state index contributed by atoms with van der Waals surface area (Å²) >= 11 is 8.62. The predicted molar refractivity (Wildman–Crippen MR) is 109 cm³/mol. The molecular formula is C19H18BrN3O2S. The lowest BCUT2D eigenvalue weighted by Crippen LogP contribution is -2.27. The molecule has 0 spiro atoms. The first-order chi connectivity index (χ1) is 12.4. The molecule has 1 amide bonds. The number of H-pyrrole nitrogens is 1. The molecule has 0 saturated heterocycles. The second-order valence-electron chi connectivity index (χ2n) is 5.99. The Balaban J connectivity index is 1.90. The van der Waals surface area contributed by atoms with E-state index in [1.54, 1.807) is 18.2 Å². The number of rotatable bonds is 4. The van der Waals surface area contributed by atoms with Crippen LogP contribution in [0.5, 0.6) is 0 Å². The number of amides is 1. The number of hydrogen-bond acceptors (Lipinski definition) is 3. The van der Waals surface area contributed by atoms with Gasteiger partial charge in [-0.25, -0.2) is 0 Å². The Bertz CT molecular complexity index is 1090. The molecule has 2 aromatic carbocycles. The Labute approximate surface area is 164 Å². The molecule has 3 rings (SSSR count). The molecule has 7 heteroatoms. The summed E-state index contributed by atoms with van der Waals surface area (Å²) in [4.78, 5) is 28.0. The number of aromatic amines is 1. The van der Waals surface area contributed by atoms with Crippen LogP contribution < -0.4 is 10.9 Å². The van der Waals surface area contributed by atoms with Crippen molar-refractivity contribution in [2.75, 3.05) is 0 Å². The molecule has 2 N–H and O–H groups in total. The molecule has 0 aliphatic rings. The van der Waals surface area contributed by atoms with Gasteiger partial charge >= 0.3 is 0 Å². The van der Waals surface area contributed by atoms with Gasteiger partial charge in [-0.05, 0) is 62.0 Å². The summed E-state index contributed by atoms with van der Waals surface area (Å²) in [5.74, 6) is -0.207. The van der Waals surface area contributed by atoms with Crippen molar-refractivity contribution in [2.45, 2.75) is 26.4 Å². The fourth-order valence-electron chi connectivity index (χ4n) is 2.80. The molecule has 1 aromatic heterocycles. The molecule has 134 valence electrons. The number of carbonyl (C=O) groups excluding carboxylic acids is 1. The van der Waals surface area contributed by atoms with Crippen molar-refractivity contribution in [3.05, 3.63) is 73.2 Å². The summed E-state index contributed by atoms with van der Waals surface area (Å²) in [6.07, 6.45) is 0. The highest BCUT2D eigenvalue weighted by Gasteiger charge is 2.13. The topological polar surface area (TPSA) is 66.9 Å². The third-order valence-electron chi connectivity index (χ3n) is 4.28. The zero-order valence-corrected chi connectivity index (χ0v) is 16.8. The van der Waals surface area contributed by atoms with Gasteiger partial charge in [0.25, 0.3) is 11.5 Å². The average molecular weight is 432 g/mol. The summed E-state index contributed by atoms with van der Waals surface area (Å²) < 4.78 is 2.83. The van der Waals surface area contributed by atoms with Gasteiger partial charge in [0, 0.05) is 16.6 Å². The molecule has 0 saturated carbocycles. The van der Waals surface area contributed by atoms with E-state index < -0.39 is 0 Å². The lowest BCUT2D eigenvalue weighted by molar-refractivity contribution is 0.0940. The Hall–Kier alpha value is -2.25. The number of nitrogens with one attached hydrogen (secondary N) is 2. The van der Waals surface area contributed by atoms with Crippen molar-refractivity contribution < 1.29 is 4.79 Å². The number of carbonyl (C=O) groups is 1. The Kier molecular flexibility index (Phi) is 5.38. The third kappa shape index (κ3) is 3.64. The van der Waals surface area contributed by atoms with E-state index in [0.717, 1.165) is 10.0 Å². The maximum atomic E-state index is 12.6. The zero-order valence-electron chi connectivity index (χ0n) is 14.4. The molecule has 0 aliphatic heterocycles. The van der Waals surface area contributed by atoms with Crippen molar-refractivity contribution in [3.8, 4) is 0 Å². The molecule has 1 unspecified atom stereocenters. The van der Waals surface area contributed by atoms with Gasteiger partial charge in [0.2, 0.25) is 0 Å². The second-order valence-corrected chi connectivity index (χ2v) is 7.29. The van der Waals surface area contributed by atoms with Crippen molar-refractivity contribution in [1.82, 2.24) is 14.9 Å². The van der Waals surface area contributed by atoms with Crippen LogP contribution in [0, 0.1) is 4.77 Å². The van der Waals surface area contributed by atoms with E-state index in [-0.39, 0.29) is 17.5 Å². The minimum Gasteiger partial charge on any atom is -0.346 e. The van der Waals surface area contributed by atoms with Gasteiger partial charge < -0.3 is 10.3 Å². The maximum absolute atomic E-state index is 12.6. The highest BCUT2D eigenvalue weighted by Crippen LogP contribution is 2.18. The Morgan fingerprint density at radius 1 is 1.27 bits per heavy atom. The standard InChI is InChI=1S/C19H18BrN3O2S/c1-3-23-18(25)15-9-6-13(10-16(15)22-19(23)26)17(24)21-11(2)12-4-7-14(20)8-5-12/h4-11H,3H2,1-2H3,(H,21,24)(H,22,26).